The Balaban J connectivity index is 1.55. The van der Waals surface area contributed by atoms with Gasteiger partial charge in [-0.3, -0.25) is 4.63 Å². The van der Waals surface area contributed by atoms with Crippen LogP contribution in [0.15, 0.2) is 59.2 Å². The van der Waals surface area contributed by atoms with E-state index < -0.39 is 12.6 Å². The molecule has 154 valence electrons. The average molecular weight is 437 g/mol. The van der Waals surface area contributed by atoms with Gasteiger partial charge in [-0.1, -0.05) is 30.3 Å². The Labute approximate surface area is 180 Å². The Morgan fingerprint density at radius 1 is 1.23 bits per heavy atom. The second-order valence-corrected chi connectivity index (χ2v) is 6.49. The Morgan fingerprint density at radius 3 is 2.65 bits per heavy atom. The largest absolute Gasteiger partial charge is 0.451 e. The summed E-state index contributed by atoms with van der Waals surface area (Å²) in [6, 6.07) is 17.4. The molecule has 0 aliphatic heterocycles. The Hall–Kier alpha value is -4.23. The molecule has 10 nitrogen and oxygen atoms in total. The van der Waals surface area contributed by atoms with Gasteiger partial charge >= 0.3 is 5.97 Å². The Kier molecular flexibility index (Phi) is 5.59. The van der Waals surface area contributed by atoms with Crippen LogP contribution in [0.1, 0.15) is 27.7 Å². The van der Waals surface area contributed by atoms with Gasteiger partial charge in [0.25, 0.3) is 11.5 Å². The zero-order valence-electron chi connectivity index (χ0n) is 15.8. The van der Waals surface area contributed by atoms with Crippen molar-refractivity contribution in [1.29, 1.82) is 5.26 Å². The van der Waals surface area contributed by atoms with Gasteiger partial charge in [0.1, 0.15) is 5.82 Å². The van der Waals surface area contributed by atoms with Gasteiger partial charge in [0.05, 0.1) is 23.2 Å². The summed E-state index contributed by atoms with van der Waals surface area (Å²) in [6.45, 7) is -0.391. The maximum absolute atomic E-state index is 12.5. The minimum absolute atomic E-state index is 0.00928. The van der Waals surface area contributed by atoms with Gasteiger partial charge in [-0.25, -0.2) is 14.5 Å². The molecule has 11 heteroatoms. The maximum atomic E-state index is 12.5. The topological polar surface area (TPSA) is 134 Å². The number of hydrogen-bond acceptors (Lipinski definition) is 8. The fraction of sp³-hybridized carbons (Fsp3) is 0.100. The first kappa shape index (κ1) is 20.1. The molecule has 0 unspecified atom stereocenters. The lowest BCUT2D eigenvalue weighted by Gasteiger charge is -2.03. The van der Waals surface area contributed by atoms with Crippen LogP contribution in [0.5, 0.6) is 0 Å². The minimum atomic E-state index is -0.848. The number of alkyl halides is 1. The van der Waals surface area contributed by atoms with Gasteiger partial charge in [0.15, 0.2) is 6.61 Å². The second-order valence-electron chi connectivity index (χ2n) is 6.22. The summed E-state index contributed by atoms with van der Waals surface area (Å²) in [5.74, 6) is -0.772. The number of aromatic nitrogens is 5. The first-order valence-electron chi connectivity index (χ1n) is 8.94. The van der Waals surface area contributed by atoms with Crippen LogP contribution in [-0.2, 0) is 17.2 Å². The molecule has 0 bridgehead atoms. The van der Waals surface area contributed by atoms with Crippen LogP contribution in [0.3, 0.4) is 0 Å². The predicted octanol–water partition coefficient (Wildman–Crippen LogP) is 2.52. The highest BCUT2D eigenvalue weighted by Gasteiger charge is 2.24. The number of nitriles is 1. The third-order valence-corrected chi connectivity index (χ3v) is 4.54. The summed E-state index contributed by atoms with van der Waals surface area (Å²) >= 11 is 5.93. The number of carbonyl (C=O) groups excluding carboxylic acids is 1. The molecule has 0 aliphatic rings. The quantitative estimate of drug-likeness (QED) is 0.255. The van der Waals surface area contributed by atoms with Gasteiger partial charge in [-0.05, 0) is 29.2 Å². The summed E-state index contributed by atoms with van der Waals surface area (Å²) in [5, 5.41) is 28.7. The van der Waals surface area contributed by atoms with Crippen LogP contribution >= 0.6 is 11.6 Å². The number of benzene rings is 2. The molecule has 2 aromatic heterocycles. The van der Waals surface area contributed by atoms with Crippen molar-refractivity contribution in [2.45, 2.75) is 12.5 Å². The van der Waals surface area contributed by atoms with Gasteiger partial charge < -0.3 is 9.94 Å². The molecule has 31 heavy (non-hydrogen) atoms. The lowest BCUT2D eigenvalue weighted by molar-refractivity contribution is -0.808. The van der Waals surface area contributed by atoms with E-state index in [0.29, 0.717) is 22.6 Å². The standard InChI is InChI=1S/C20H13ClN6O4/c21-10-17-23-19(24-26(17)15-8-6-13(11-22)7-9-15)20(28)30-12-16-18(25-31-27(16)29)14-4-2-1-3-5-14/h1-9H,10,12H2. The number of ether oxygens (including phenoxy) is 1. The zero-order chi connectivity index (χ0) is 21.8. The molecular formula is C20H13ClN6O4. The van der Waals surface area contributed by atoms with Crippen LogP contribution in [0.2, 0.25) is 0 Å². The van der Waals surface area contributed by atoms with E-state index in [1.54, 1.807) is 48.5 Å². The van der Waals surface area contributed by atoms with E-state index in [1.165, 1.54) is 4.68 Å². The first-order chi connectivity index (χ1) is 15.1. The normalized spacial score (nSPS) is 10.6. The van der Waals surface area contributed by atoms with E-state index in [1.807, 2.05) is 12.1 Å². The van der Waals surface area contributed by atoms with Crippen molar-refractivity contribution in [3.8, 4) is 23.0 Å². The third kappa shape index (κ3) is 4.08. The Morgan fingerprint density at radius 2 is 1.97 bits per heavy atom. The molecule has 0 radical (unpaired) electrons. The van der Waals surface area contributed by atoms with E-state index in [-0.39, 0.29) is 28.0 Å². The van der Waals surface area contributed by atoms with Crippen molar-refractivity contribution in [3.05, 3.63) is 82.7 Å². The van der Waals surface area contributed by atoms with Gasteiger partial charge in [0.2, 0.25) is 5.69 Å². The summed E-state index contributed by atoms with van der Waals surface area (Å²) in [5.41, 5.74) is 1.98. The molecule has 0 aliphatic carbocycles. The Bertz CT molecular complexity index is 1260. The van der Waals surface area contributed by atoms with Crippen molar-refractivity contribution in [2.24, 2.45) is 0 Å². The molecule has 0 saturated heterocycles. The molecule has 0 fully saturated rings. The lowest BCUT2D eigenvalue weighted by atomic mass is 10.1. The van der Waals surface area contributed by atoms with Crippen molar-refractivity contribution >= 4 is 17.6 Å². The number of halogens is 1. The predicted molar refractivity (Wildman–Crippen MR) is 106 cm³/mol. The highest BCUT2D eigenvalue weighted by molar-refractivity contribution is 6.16. The van der Waals surface area contributed by atoms with E-state index in [0.717, 1.165) is 0 Å². The summed E-state index contributed by atoms with van der Waals surface area (Å²) < 4.78 is 11.2. The second kappa shape index (κ2) is 8.64. The van der Waals surface area contributed by atoms with Crippen molar-refractivity contribution in [3.63, 3.8) is 0 Å². The fourth-order valence-corrected chi connectivity index (χ4v) is 2.98. The zero-order valence-corrected chi connectivity index (χ0v) is 16.6. The maximum Gasteiger partial charge on any atom is 0.378 e. The third-order valence-electron chi connectivity index (χ3n) is 4.30. The summed E-state index contributed by atoms with van der Waals surface area (Å²) in [4.78, 5) is 16.8. The smallest absolute Gasteiger partial charge is 0.378 e. The number of esters is 1. The number of carbonyl (C=O) groups is 1. The SMILES string of the molecule is N#Cc1ccc(-n2nc(C(=O)OCc3c(-c4ccccc4)no[n+]3[O-])nc2CCl)cc1. The molecule has 0 spiro atoms. The van der Waals surface area contributed by atoms with E-state index in [9.17, 15) is 10.0 Å². The minimum Gasteiger partial charge on any atom is -0.451 e. The van der Waals surface area contributed by atoms with E-state index in [4.69, 9.17) is 21.6 Å². The van der Waals surface area contributed by atoms with Crippen LogP contribution in [-0.4, -0.2) is 25.9 Å². The molecule has 4 rings (SSSR count). The molecule has 0 atom stereocenters. The van der Waals surface area contributed by atoms with Crippen LogP contribution in [0, 0.1) is 16.5 Å². The van der Waals surface area contributed by atoms with Crippen molar-refractivity contribution < 1.29 is 19.1 Å². The van der Waals surface area contributed by atoms with Crippen molar-refractivity contribution in [2.75, 3.05) is 0 Å². The number of hydrogen-bond donors (Lipinski definition) is 0. The van der Waals surface area contributed by atoms with E-state index in [2.05, 4.69) is 19.9 Å². The fourth-order valence-electron chi connectivity index (χ4n) is 2.80. The molecular weight excluding hydrogens is 424 g/mol. The highest BCUT2D eigenvalue weighted by Crippen LogP contribution is 2.20. The van der Waals surface area contributed by atoms with E-state index >= 15 is 0 Å². The van der Waals surface area contributed by atoms with Gasteiger partial charge in [-0.15, -0.1) is 16.7 Å². The molecule has 2 heterocycles. The van der Waals surface area contributed by atoms with Gasteiger partial charge in [-0.2, -0.15) is 5.26 Å². The average Bonchev–Trinajstić information content (AvgIpc) is 3.42. The van der Waals surface area contributed by atoms with Gasteiger partial charge in [0, 0.05) is 10.7 Å². The summed E-state index contributed by atoms with van der Waals surface area (Å²) in [6.07, 6.45) is 0. The number of nitrogens with zero attached hydrogens (tertiary/aromatic N) is 6. The molecule has 4 aromatic rings. The monoisotopic (exact) mass is 436 g/mol. The molecule has 0 saturated carbocycles. The number of rotatable bonds is 6. The van der Waals surface area contributed by atoms with Crippen LogP contribution in [0.4, 0.5) is 0 Å². The van der Waals surface area contributed by atoms with Crippen LogP contribution < -0.4 is 4.90 Å². The lowest BCUT2D eigenvalue weighted by Crippen LogP contribution is -2.29. The highest BCUT2D eigenvalue weighted by atomic mass is 35.5. The molecule has 0 N–H and O–H groups in total. The first-order valence-corrected chi connectivity index (χ1v) is 9.47. The van der Waals surface area contributed by atoms with Crippen molar-refractivity contribution in [1.82, 2.24) is 19.9 Å². The molecule has 0 amide bonds. The summed E-state index contributed by atoms with van der Waals surface area (Å²) in [7, 11) is 0. The molecule has 2 aromatic carbocycles. The van der Waals surface area contributed by atoms with Crippen LogP contribution in [0.25, 0.3) is 16.9 Å².